The summed E-state index contributed by atoms with van der Waals surface area (Å²) < 4.78 is 23.1. The number of hydrogen-bond donors (Lipinski definition) is 1. The minimum Gasteiger partial charge on any atom is -0.479 e. The Balaban J connectivity index is 1.93. The van der Waals surface area contributed by atoms with Crippen LogP contribution < -0.4 is 4.74 Å². The van der Waals surface area contributed by atoms with Gasteiger partial charge in [-0.05, 0) is 42.0 Å². The Hall–Kier alpha value is -3.08. The van der Waals surface area contributed by atoms with Crippen molar-refractivity contribution in [3.8, 4) is 11.8 Å². The maximum absolute atomic E-state index is 13.3. The summed E-state index contributed by atoms with van der Waals surface area (Å²) in [6.07, 6.45) is 1.52. The predicted molar refractivity (Wildman–Crippen MR) is 104 cm³/mol. The van der Waals surface area contributed by atoms with E-state index in [4.69, 9.17) is 27.9 Å². The molecule has 1 heterocycles. The summed E-state index contributed by atoms with van der Waals surface area (Å²) in [6, 6.07) is 9.19. The molecule has 3 aromatic rings. The summed E-state index contributed by atoms with van der Waals surface area (Å²) in [5, 5.41) is 9.81. The normalized spacial score (nSPS) is 11.3. The van der Waals surface area contributed by atoms with Gasteiger partial charge < -0.3 is 14.5 Å². The van der Waals surface area contributed by atoms with Gasteiger partial charge in [-0.1, -0.05) is 23.2 Å². The highest BCUT2D eigenvalue weighted by Crippen LogP contribution is 2.35. The van der Waals surface area contributed by atoms with Crippen LogP contribution in [0.1, 0.15) is 11.4 Å². The first-order valence-corrected chi connectivity index (χ1v) is 8.63. The maximum Gasteiger partial charge on any atom is 0.343 e. The third kappa shape index (κ3) is 4.25. The van der Waals surface area contributed by atoms with E-state index in [1.54, 1.807) is 0 Å². The fourth-order valence-electron chi connectivity index (χ4n) is 2.42. The second-order valence-electron chi connectivity index (χ2n) is 5.60. The summed E-state index contributed by atoms with van der Waals surface area (Å²) in [6.45, 7) is -0.343. The highest BCUT2D eigenvalue weighted by atomic mass is 35.5. The van der Waals surface area contributed by atoms with E-state index in [1.807, 2.05) is 6.07 Å². The molecule has 0 radical (unpaired) electrons. The quantitative estimate of drug-likeness (QED) is 0.481. The van der Waals surface area contributed by atoms with Crippen molar-refractivity contribution in [2.45, 2.75) is 0 Å². The first-order chi connectivity index (χ1) is 13.4. The minimum absolute atomic E-state index is 0.128. The number of fused-ring (bicyclic) bond motifs is 1. The van der Waals surface area contributed by atoms with E-state index >= 15 is 0 Å². The number of hydrogen-bond acceptors (Lipinski definition) is 5. The molecule has 28 heavy (non-hydrogen) atoms. The summed E-state index contributed by atoms with van der Waals surface area (Å²) in [5.41, 5.74) is 1.72. The van der Waals surface area contributed by atoms with Gasteiger partial charge in [0.1, 0.15) is 17.7 Å². The number of methoxy groups -OCH3 is 1. The van der Waals surface area contributed by atoms with Gasteiger partial charge in [-0.3, -0.25) is 0 Å². The van der Waals surface area contributed by atoms with Gasteiger partial charge in [-0.25, -0.2) is 14.2 Å². The molecule has 9 heteroatoms. The van der Waals surface area contributed by atoms with Crippen molar-refractivity contribution in [1.82, 2.24) is 9.97 Å². The van der Waals surface area contributed by atoms with E-state index in [0.29, 0.717) is 16.6 Å². The first kappa shape index (κ1) is 19.7. The summed E-state index contributed by atoms with van der Waals surface area (Å²) >= 11 is 12.4. The zero-order valence-corrected chi connectivity index (χ0v) is 15.9. The van der Waals surface area contributed by atoms with Crippen molar-refractivity contribution in [2.24, 2.45) is 0 Å². The lowest BCUT2D eigenvalue weighted by molar-refractivity contribution is -0.142. The van der Waals surface area contributed by atoms with Crippen LogP contribution in [0, 0.1) is 17.1 Å². The Bertz CT molecular complexity index is 1110. The number of aromatic nitrogens is 2. The number of imidazole rings is 1. The Labute approximate surface area is 169 Å². The third-order valence-corrected chi connectivity index (χ3v) is 4.27. The molecule has 0 aliphatic carbocycles. The number of allylic oxidation sites excluding steroid dienone is 1. The number of nitriles is 1. The molecule has 1 N–H and O–H groups in total. The maximum atomic E-state index is 13.3. The van der Waals surface area contributed by atoms with Gasteiger partial charge in [0.2, 0.25) is 0 Å². The molecular formula is C19H12Cl2FN3O3. The molecule has 0 atom stereocenters. The Morgan fingerprint density at radius 1 is 1.32 bits per heavy atom. The molecule has 0 fully saturated rings. The van der Waals surface area contributed by atoms with E-state index in [-0.39, 0.29) is 33.8 Å². The molecule has 1 aromatic heterocycles. The van der Waals surface area contributed by atoms with Crippen LogP contribution in [0.25, 0.3) is 22.7 Å². The van der Waals surface area contributed by atoms with E-state index in [9.17, 15) is 14.4 Å². The second-order valence-corrected chi connectivity index (χ2v) is 6.41. The predicted octanol–water partition coefficient (Wildman–Crippen LogP) is 4.62. The molecule has 0 aliphatic rings. The monoisotopic (exact) mass is 419 g/mol. The Kier molecular flexibility index (Phi) is 5.83. The molecule has 142 valence electrons. The highest BCUT2D eigenvalue weighted by molar-refractivity contribution is 6.37. The highest BCUT2D eigenvalue weighted by Gasteiger charge is 2.13. The van der Waals surface area contributed by atoms with Crippen molar-refractivity contribution in [3.05, 3.63) is 57.6 Å². The first-order valence-electron chi connectivity index (χ1n) is 7.87. The number of halogens is 3. The number of ether oxygens (including phenoxy) is 2. The number of nitrogens with zero attached hydrogens (tertiary/aromatic N) is 2. The number of esters is 1. The molecule has 0 saturated carbocycles. The molecule has 6 nitrogen and oxygen atoms in total. The fourth-order valence-corrected chi connectivity index (χ4v) is 3.03. The van der Waals surface area contributed by atoms with Crippen molar-refractivity contribution < 1.29 is 18.7 Å². The molecule has 0 amide bonds. The third-order valence-electron chi connectivity index (χ3n) is 3.71. The lowest BCUT2D eigenvalue weighted by Crippen LogP contribution is -2.12. The molecule has 0 aliphatic heterocycles. The average Bonchev–Trinajstić information content (AvgIpc) is 3.08. The second kappa shape index (κ2) is 8.30. The number of carbonyl (C=O) groups excluding carboxylic acids is 1. The zero-order chi connectivity index (χ0) is 20.3. The van der Waals surface area contributed by atoms with E-state index in [0.717, 1.165) is 0 Å². The number of nitrogens with one attached hydrogen (secondary N) is 1. The van der Waals surface area contributed by atoms with Crippen molar-refractivity contribution in [1.29, 1.82) is 5.26 Å². The number of carbonyl (C=O) groups is 1. The van der Waals surface area contributed by atoms with Crippen LogP contribution in [0.15, 0.2) is 30.3 Å². The Morgan fingerprint density at radius 2 is 2.04 bits per heavy atom. The summed E-state index contributed by atoms with van der Waals surface area (Å²) in [4.78, 5) is 18.4. The van der Waals surface area contributed by atoms with Gasteiger partial charge in [0.15, 0.2) is 12.4 Å². The van der Waals surface area contributed by atoms with E-state index in [1.165, 1.54) is 43.5 Å². The van der Waals surface area contributed by atoms with Crippen molar-refractivity contribution in [2.75, 3.05) is 13.7 Å². The van der Waals surface area contributed by atoms with Crippen molar-refractivity contribution >= 4 is 51.9 Å². The number of benzene rings is 2. The lowest BCUT2D eigenvalue weighted by atomic mass is 10.1. The van der Waals surface area contributed by atoms with Crippen LogP contribution >= 0.6 is 23.2 Å². The molecule has 0 unspecified atom stereocenters. The van der Waals surface area contributed by atoms with Gasteiger partial charge >= 0.3 is 5.97 Å². The lowest BCUT2D eigenvalue weighted by Gasteiger charge is -2.10. The van der Waals surface area contributed by atoms with E-state index in [2.05, 4.69) is 14.7 Å². The van der Waals surface area contributed by atoms with Gasteiger partial charge in [0.25, 0.3) is 0 Å². The molecule has 2 aromatic carbocycles. The standard InChI is InChI=1S/C19H12Cl2FN3O3/c1-27-17(26)9-28-18-13(20)5-10(6-14(18)21)4-11(8-23)19-24-15-3-2-12(22)7-16(15)25-19/h2-7H,9H2,1H3,(H,24,25)/b11-4-. The molecule has 0 saturated heterocycles. The SMILES string of the molecule is COC(=O)COc1c(Cl)cc(/C=C(/C#N)c2nc3ccc(F)cc3[nH]2)cc1Cl. The van der Waals surface area contributed by atoms with Crippen LogP contribution in [-0.2, 0) is 9.53 Å². The van der Waals surface area contributed by atoms with Gasteiger partial charge in [-0.15, -0.1) is 0 Å². The van der Waals surface area contributed by atoms with Crippen LogP contribution in [0.2, 0.25) is 10.0 Å². The Morgan fingerprint density at radius 3 is 2.68 bits per heavy atom. The number of rotatable bonds is 5. The average molecular weight is 420 g/mol. The van der Waals surface area contributed by atoms with Crippen LogP contribution in [-0.4, -0.2) is 29.7 Å². The minimum atomic E-state index is -0.579. The molecular weight excluding hydrogens is 408 g/mol. The summed E-state index contributed by atoms with van der Waals surface area (Å²) in [7, 11) is 1.23. The van der Waals surface area contributed by atoms with E-state index < -0.39 is 11.8 Å². The summed E-state index contributed by atoms with van der Waals surface area (Å²) in [5.74, 6) is -0.583. The molecule has 0 spiro atoms. The van der Waals surface area contributed by atoms with Crippen LogP contribution in [0.3, 0.4) is 0 Å². The fraction of sp³-hybridized carbons (Fsp3) is 0.105. The van der Waals surface area contributed by atoms with Gasteiger partial charge in [-0.2, -0.15) is 5.26 Å². The zero-order valence-electron chi connectivity index (χ0n) is 14.4. The van der Waals surface area contributed by atoms with Gasteiger partial charge in [0, 0.05) is 0 Å². The molecule has 0 bridgehead atoms. The van der Waals surface area contributed by atoms with Crippen molar-refractivity contribution in [3.63, 3.8) is 0 Å². The van der Waals surface area contributed by atoms with Crippen LogP contribution in [0.4, 0.5) is 4.39 Å². The number of H-pyrrole nitrogens is 1. The van der Waals surface area contributed by atoms with Gasteiger partial charge in [0.05, 0.1) is 33.8 Å². The topological polar surface area (TPSA) is 88.0 Å². The smallest absolute Gasteiger partial charge is 0.343 e. The largest absolute Gasteiger partial charge is 0.479 e. The number of aromatic amines is 1. The molecule has 3 rings (SSSR count). The van der Waals surface area contributed by atoms with Crippen LogP contribution in [0.5, 0.6) is 5.75 Å².